The molecule has 2 rings (SSSR count). The lowest BCUT2D eigenvalue weighted by Crippen LogP contribution is -2.17. The van der Waals surface area contributed by atoms with E-state index in [9.17, 15) is 4.79 Å². The summed E-state index contributed by atoms with van der Waals surface area (Å²) in [5.41, 5.74) is 0.111. The van der Waals surface area contributed by atoms with Crippen LogP contribution in [-0.4, -0.2) is 32.6 Å². The maximum Gasteiger partial charge on any atom is 0.278 e. The maximum absolute atomic E-state index is 12.1. The van der Waals surface area contributed by atoms with Gasteiger partial charge in [-0.1, -0.05) is 18.5 Å². The fraction of sp³-hybridized carbons (Fsp3) is 0.250. The molecule has 0 bridgehead atoms. The number of nitrogens with one attached hydrogen (secondary N) is 2. The van der Waals surface area contributed by atoms with Gasteiger partial charge >= 0.3 is 0 Å². The topological polar surface area (TPSA) is 92.7 Å². The minimum Gasteiger partial charge on any atom is -0.370 e. The smallest absolute Gasteiger partial charge is 0.278 e. The van der Waals surface area contributed by atoms with Crippen LogP contribution in [0.1, 0.15) is 23.8 Å². The lowest BCUT2D eigenvalue weighted by molar-refractivity contribution is 0.102. The normalized spacial score (nSPS) is 10.1. The van der Waals surface area contributed by atoms with Crippen molar-refractivity contribution in [1.82, 2.24) is 20.2 Å². The van der Waals surface area contributed by atoms with E-state index in [1.54, 1.807) is 12.1 Å². The summed E-state index contributed by atoms with van der Waals surface area (Å²) in [6, 6.07) is 3.33. The van der Waals surface area contributed by atoms with E-state index < -0.39 is 5.91 Å². The molecule has 0 aliphatic rings. The highest BCUT2D eigenvalue weighted by Gasteiger charge is 2.14. The number of rotatable bonds is 5. The van der Waals surface area contributed by atoms with Crippen LogP contribution < -0.4 is 10.6 Å². The van der Waals surface area contributed by atoms with Gasteiger partial charge in [-0.2, -0.15) is 5.10 Å². The number of anilines is 2. The highest BCUT2D eigenvalue weighted by molar-refractivity contribution is 6.34. The number of carbonyl (C=O) groups is 1. The van der Waals surface area contributed by atoms with Crippen LogP contribution in [0.3, 0.4) is 0 Å². The first kappa shape index (κ1) is 14.1. The predicted molar refractivity (Wildman–Crippen MR) is 75.8 cm³/mol. The average molecular weight is 293 g/mol. The summed E-state index contributed by atoms with van der Waals surface area (Å²) in [6.07, 6.45) is 3.79. The molecule has 20 heavy (non-hydrogen) atoms. The van der Waals surface area contributed by atoms with Crippen LogP contribution in [0.25, 0.3) is 0 Å². The first-order valence-corrected chi connectivity index (χ1v) is 6.44. The molecule has 2 N–H and O–H groups in total. The van der Waals surface area contributed by atoms with Gasteiger partial charge in [-0.05, 0) is 18.6 Å². The summed E-state index contributed by atoms with van der Waals surface area (Å²) >= 11 is 5.98. The number of hydrogen-bond acceptors (Lipinski definition) is 6. The van der Waals surface area contributed by atoms with Gasteiger partial charge in [0.2, 0.25) is 5.95 Å². The Balaban J connectivity index is 2.16. The number of aromatic nitrogens is 4. The number of halogens is 1. The molecule has 0 radical (unpaired) electrons. The lowest BCUT2D eigenvalue weighted by Gasteiger charge is -2.08. The molecule has 2 aromatic rings. The molecule has 0 saturated heterocycles. The molecule has 0 aromatic carbocycles. The molecular formula is C12H13ClN6O. The van der Waals surface area contributed by atoms with Gasteiger partial charge < -0.3 is 5.32 Å². The molecule has 0 aliphatic heterocycles. The Bertz CT molecular complexity index is 592. The van der Waals surface area contributed by atoms with Crippen LogP contribution in [0.2, 0.25) is 5.02 Å². The standard InChI is InChI=1S/C12H13ClN6O/c1-2-5-14-9-4-3-8(13)10(17-9)11(20)18-12-15-6-7-16-19-12/h3-4,6-7H,2,5H2,1H3,(H,14,17)(H,15,18,19,20). The molecule has 0 spiro atoms. The average Bonchev–Trinajstić information content (AvgIpc) is 2.47. The number of amides is 1. The first-order valence-electron chi connectivity index (χ1n) is 6.06. The van der Waals surface area contributed by atoms with E-state index in [0.29, 0.717) is 5.82 Å². The Hall–Kier alpha value is -2.28. The van der Waals surface area contributed by atoms with Crippen molar-refractivity contribution < 1.29 is 4.79 Å². The van der Waals surface area contributed by atoms with Crippen molar-refractivity contribution in [1.29, 1.82) is 0 Å². The van der Waals surface area contributed by atoms with Gasteiger partial charge in [0, 0.05) is 6.54 Å². The monoisotopic (exact) mass is 292 g/mol. The lowest BCUT2D eigenvalue weighted by atomic mass is 10.3. The van der Waals surface area contributed by atoms with Crippen molar-refractivity contribution >= 4 is 29.3 Å². The molecule has 2 aromatic heterocycles. The Morgan fingerprint density at radius 2 is 2.20 bits per heavy atom. The van der Waals surface area contributed by atoms with Crippen LogP contribution in [0.5, 0.6) is 0 Å². The molecule has 2 heterocycles. The van der Waals surface area contributed by atoms with E-state index in [1.807, 2.05) is 6.92 Å². The summed E-state index contributed by atoms with van der Waals surface area (Å²) in [5.74, 6) is 0.207. The largest absolute Gasteiger partial charge is 0.370 e. The van der Waals surface area contributed by atoms with Gasteiger partial charge in [0.25, 0.3) is 5.91 Å². The summed E-state index contributed by atoms with van der Waals surface area (Å²) in [6.45, 7) is 2.80. The van der Waals surface area contributed by atoms with Crippen LogP contribution >= 0.6 is 11.6 Å². The molecule has 0 saturated carbocycles. The van der Waals surface area contributed by atoms with Gasteiger partial charge in [-0.3, -0.25) is 10.1 Å². The van der Waals surface area contributed by atoms with Crippen molar-refractivity contribution in [3.63, 3.8) is 0 Å². The molecule has 0 atom stereocenters. The van der Waals surface area contributed by atoms with E-state index in [1.165, 1.54) is 12.4 Å². The molecule has 1 amide bonds. The maximum atomic E-state index is 12.1. The van der Waals surface area contributed by atoms with E-state index >= 15 is 0 Å². The fourth-order valence-electron chi connectivity index (χ4n) is 1.42. The van der Waals surface area contributed by atoms with Crippen LogP contribution in [0.15, 0.2) is 24.5 Å². The summed E-state index contributed by atoms with van der Waals surface area (Å²) < 4.78 is 0. The van der Waals surface area contributed by atoms with Crippen molar-refractivity contribution in [2.75, 3.05) is 17.2 Å². The third kappa shape index (κ3) is 3.61. The van der Waals surface area contributed by atoms with E-state index in [0.717, 1.165) is 13.0 Å². The van der Waals surface area contributed by atoms with E-state index in [-0.39, 0.29) is 16.7 Å². The van der Waals surface area contributed by atoms with Gasteiger partial charge in [-0.25, -0.2) is 9.97 Å². The first-order chi connectivity index (χ1) is 9.70. The van der Waals surface area contributed by atoms with Crippen molar-refractivity contribution in [3.05, 3.63) is 35.2 Å². The minimum atomic E-state index is -0.483. The zero-order valence-corrected chi connectivity index (χ0v) is 11.6. The molecule has 104 valence electrons. The summed E-state index contributed by atoms with van der Waals surface area (Å²) in [7, 11) is 0. The number of hydrogen-bond donors (Lipinski definition) is 2. The van der Waals surface area contributed by atoms with Gasteiger partial charge in [0.15, 0.2) is 0 Å². The molecule has 0 fully saturated rings. The van der Waals surface area contributed by atoms with Gasteiger partial charge in [0.05, 0.1) is 17.4 Å². The second kappa shape index (κ2) is 6.76. The van der Waals surface area contributed by atoms with Crippen LogP contribution in [-0.2, 0) is 0 Å². The molecule has 0 aliphatic carbocycles. The number of pyridine rings is 1. The number of carbonyl (C=O) groups excluding carboxylic acids is 1. The molecule has 0 unspecified atom stereocenters. The molecule has 8 heteroatoms. The zero-order chi connectivity index (χ0) is 14.4. The third-order valence-corrected chi connectivity index (χ3v) is 2.63. The Morgan fingerprint density at radius 1 is 1.35 bits per heavy atom. The summed E-state index contributed by atoms with van der Waals surface area (Å²) in [4.78, 5) is 20.1. The quantitative estimate of drug-likeness (QED) is 0.875. The zero-order valence-electron chi connectivity index (χ0n) is 10.8. The Morgan fingerprint density at radius 3 is 2.90 bits per heavy atom. The minimum absolute atomic E-state index is 0.0993. The Labute approximate surface area is 120 Å². The Kier molecular flexibility index (Phi) is 4.78. The van der Waals surface area contributed by atoms with Crippen molar-refractivity contribution in [2.24, 2.45) is 0 Å². The van der Waals surface area contributed by atoms with E-state index in [2.05, 4.69) is 30.8 Å². The SMILES string of the molecule is CCCNc1ccc(Cl)c(C(=O)Nc2nccnn2)n1. The summed E-state index contributed by atoms with van der Waals surface area (Å²) in [5, 5.41) is 13.1. The van der Waals surface area contributed by atoms with Gasteiger partial charge in [-0.15, -0.1) is 5.10 Å². The molecular weight excluding hydrogens is 280 g/mol. The predicted octanol–water partition coefficient (Wildman–Crippen LogP) is 1.99. The highest BCUT2D eigenvalue weighted by atomic mass is 35.5. The van der Waals surface area contributed by atoms with Gasteiger partial charge in [0.1, 0.15) is 11.5 Å². The molecule has 7 nitrogen and oxygen atoms in total. The van der Waals surface area contributed by atoms with Crippen LogP contribution in [0, 0.1) is 0 Å². The number of nitrogens with zero attached hydrogens (tertiary/aromatic N) is 4. The second-order valence-corrected chi connectivity index (χ2v) is 4.28. The van der Waals surface area contributed by atoms with E-state index in [4.69, 9.17) is 11.6 Å². The van der Waals surface area contributed by atoms with Crippen molar-refractivity contribution in [3.8, 4) is 0 Å². The highest BCUT2D eigenvalue weighted by Crippen LogP contribution is 2.17. The van der Waals surface area contributed by atoms with Crippen LogP contribution in [0.4, 0.5) is 11.8 Å². The third-order valence-electron chi connectivity index (χ3n) is 2.33. The van der Waals surface area contributed by atoms with Crippen molar-refractivity contribution in [2.45, 2.75) is 13.3 Å². The second-order valence-electron chi connectivity index (χ2n) is 3.87. The fourth-order valence-corrected chi connectivity index (χ4v) is 1.61.